The van der Waals surface area contributed by atoms with Crippen molar-refractivity contribution in [1.29, 1.82) is 0 Å². The van der Waals surface area contributed by atoms with Gasteiger partial charge < -0.3 is 20.4 Å². The van der Waals surface area contributed by atoms with E-state index in [4.69, 9.17) is 0 Å². The van der Waals surface area contributed by atoms with Crippen molar-refractivity contribution in [3.63, 3.8) is 0 Å². The molecule has 0 amide bonds. The largest absolute Gasteiger partial charge is 0.392 e. The standard InChI is InChI=1S/C21H38N2O2/c1-4-5-6-7-18(24)8-9-19-20-13-16(12-17(20)14-21(19)25)15-22-10-11-23(2)3/h8-9,12,17-22,24-25H,4-7,10-11,13-15H2,1-3H3/t17-,18-,19+,20-,21+/m0/s1. The van der Waals surface area contributed by atoms with Crippen LogP contribution in [0.25, 0.3) is 0 Å². The van der Waals surface area contributed by atoms with Crippen LogP contribution in [-0.4, -0.2) is 61.1 Å². The molecule has 144 valence electrons. The first kappa shape index (κ1) is 20.6. The summed E-state index contributed by atoms with van der Waals surface area (Å²) < 4.78 is 0. The summed E-state index contributed by atoms with van der Waals surface area (Å²) in [6, 6.07) is 0. The zero-order chi connectivity index (χ0) is 18.2. The summed E-state index contributed by atoms with van der Waals surface area (Å²) in [6.45, 7) is 5.21. The molecule has 0 radical (unpaired) electrons. The molecule has 0 bridgehead atoms. The number of likely N-dealkylation sites (N-methyl/N-ethyl adjacent to an activating group) is 1. The highest BCUT2D eigenvalue weighted by atomic mass is 16.3. The lowest BCUT2D eigenvalue weighted by Gasteiger charge is -2.19. The van der Waals surface area contributed by atoms with E-state index in [1.165, 1.54) is 18.4 Å². The van der Waals surface area contributed by atoms with Crippen LogP contribution in [0.5, 0.6) is 0 Å². The molecule has 5 atom stereocenters. The molecule has 1 saturated carbocycles. The highest BCUT2D eigenvalue weighted by Gasteiger charge is 2.43. The van der Waals surface area contributed by atoms with Gasteiger partial charge in [-0.1, -0.05) is 50.0 Å². The second kappa shape index (κ2) is 10.5. The Morgan fingerprint density at radius 1 is 1.36 bits per heavy atom. The van der Waals surface area contributed by atoms with Crippen molar-refractivity contribution in [3.8, 4) is 0 Å². The smallest absolute Gasteiger partial charge is 0.0721 e. The van der Waals surface area contributed by atoms with E-state index in [0.717, 1.165) is 45.3 Å². The summed E-state index contributed by atoms with van der Waals surface area (Å²) in [7, 11) is 4.19. The predicted octanol–water partition coefficient (Wildman–Crippen LogP) is 2.58. The molecule has 4 heteroatoms. The van der Waals surface area contributed by atoms with Gasteiger partial charge in [0.15, 0.2) is 0 Å². The Kier molecular flexibility index (Phi) is 8.63. The number of aliphatic hydroxyl groups excluding tert-OH is 2. The summed E-state index contributed by atoms with van der Waals surface area (Å²) in [5, 5.41) is 24.0. The molecule has 0 unspecified atom stereocenters. The highest BCUT2D eigenvalue weighted by molar-refractivity contribution is 5.21. The fourth-order valence-electron chi connectivity index (χ4n) is 4.24. The van der Waals surface area contributed by atoms with Gasteiger partial charge in [0.1, 0.15) is 0 Å². The molecule has 0 heterocycles. The highest BCUT2D eigenvalue weighted by Crippen LogP contribution is 2.47. The van der Waals surface area contributed by atoms with Crippen molar-refractivity contribution < 1.29 is 10.2 Å². The van der Waals surface area contributed by atoms with Crippen LogP contribution in [0.15, 0.2) is 23.8 Å². The summed E-state index contributed by atoms with van der Waals surface area (Å²) in [6.07, 6.45) is 12.0. The molecule has 0 saturated heterocycles. The molecule has 25 heavy (non-hydrogen) atoms. The molecule has 2 rings (SSSR count). The Morgan fingerprint density at radius 2 is 2.16 bits per heavy atom. The maximum atomic E-state index is 10.4. The molecule has 0 aliphatic heterocycles. The van der Waals surface area contributed by atoms with Crippen molar-refractivity contribution in [3.05, 3.63) is 23.8 Å². The number of hydrogen-bond acceptors (Lipinski definition) is 4. The molecule has 2 aliphatic rings. The second-order valence-corrected chi connectivity index (χ2v) is 8.17. The van der Waals surface area contributed by atoms with E-state index in [9.17, 15) is 10.2 Å². The van der Waals surface area contributed by atoms with E-state index in [1.807, 2.05) is 6.08 Å². The molecule has 4 nitrogen and oxygen atoms in total. The van der Waals surface area contributed by atoms with Gasteiger partial charge in [-0.25, -0.2) is 0 Å². The van der Waals surface area contributed by atoms with Gasteiger partial charge in [-0.15, -0.1) is 0 Å². The van der Waals surface area contributed by atoms with Gasteiger partial charge >= 0.3 is 0 Å². The lowest BCUT2D eigenvalue weighted by Crippen LogP contribution is -2.28. The zero-order valence-electron chi connectivity index (χ0n) is 16.3. The van der Waals surface area contributed by atoms with Gasteiger partial charge in [0.05, 0.1) is 12.2 Å². The fraction of sp³-hybridized carbons (Fsp3) is 0.810. The van der Waals surface area contributed by atoms with Crippen LogP contribution in [-0.2, 0) is 0 Å². The molecule has 1 fully saturated rings. The second-order valence-electron chi connectivity index (χ2n) is 8.17. The maximum Gasteiger partial charge on any atom is 0.0721 e. The van der Waals surface area contributed by atoms with Crippen molar-refractivity contribution >= 4 is 0 Å². The van der Waals surface area contributed by atoms with E-state index in [0.29, 0.717) is 11.8 Å². The summed E-state index contributed by atoms with van der Waals surface area (Å²) in [5.41, 5.74) is 1.49. The van der Waals surface area contributed by atoms with Crippen LogP contribution in [0.3, 0.4) is 0 Å². The lowest BCUT2D eigenvalue weighted by atomic mass is 9.89. The van der Waals surface area contributed by atoms with Gasteiger partial charge in [-0.3, -0.25) is 0 Å². The fourth-order valence-corrected chi connectivity index (χ4v) is 4.24. The molecule has 0 spiro atoms. The van der Waals surface area contributed by atoms with Gasteiger partial charge in [0.25, 0.3) is 0 Å². The summed E-state index contributed by atoms with van der Waals surface area (Å²) >= 11 is 0. The topological polar surface area (TPSA) is 55.7 Å². The SMILES string of the molecule is CCCCC[C@H](O)C=C[C@@H]1[C@H]2CC(CNCCN(C)C)=C[C@H]2C[C@H]1O. The minimum absolute atomic E-state index is 0.196. The molecule has 0 aromatic heterocycles. The minimum atomic E-state index is -0.362. The van der Waals surface area contributed by atoms with Gasteiger partial charge in [0.2, 0.25) is 0 Å². The van der Waals surface area contributed by atoms with Crippen LogP contribution in [0.2, 0.25) is 0 Å². The number of aliphatic hydroxyl groups is 2. The molecular formula is C21H38N2O2. The average Bonchev–Trinajstić information content (AvgIpc) is 3.06. The first-order valence-corrected chi connectivity index (χ1v) is 10.1. The van der Waals surface area contributed by atoms with Crippen molar-refractivity contribution in [2.75, 3.05) is 33.7 Å². The predicted molar refractivity (Wildman–Crippen MR) is 105 cm³/mol. The Labute approximate surface area is 154 Å². The van der Waals surface area contributed by atoms with E-state index in [-0.39, 0.29) is 18.1 Å². The third-order valence-electron chi connectivity index (χ3n) is 5.70. The molecule has 3 N–H and O–H groups in total. The average molecular weight is 351 g/mol. The van der Waals surface area contributed by atoms with Gasteiger partial charge in [-0.05, 0) is 45.2 Å². The minimum Gasteiger partial charge on any atom is -0.392 e. The molecule has 0 aromatic carbocycles. The van der Waals surface area contributed by atoms with Gasteiger partial charge in [-0.2, -0.15) is 0 Å². The monoisotopic (exact) mass is 350 g/mol. The number of unbranched alkanes of at least 4 members (excludes halogenated alkanes) is 2. The molecule has 0 aromatic rings. The number of nitrogens with one attached hydrogen (secondary N) is 1. The number of allylic oxidation sites excluding steroid dienone is 1. The van der Waals surface area contributed by atoms with Crippen molar-refractivity contribution in [2.45, 2.75) is 57.7 Å². The summed E-state index contributed by atoms with van der Waals surface area (Å²) in [4.78, 5) is 2.19. The molecular weight excluding hydrogens is 312 g/mol. The van der Waals surface area contributed by atoms with Crippen LogP contribution in [0.1, 0.15) is 45.4 Å². The maximum absolute atomic E-state index is 10.4. The van der Waals surface area contributed by atoms with E-state index >= 15 is 0 Å². The van der Waals surface area contributed by atoms with E-state index < -0.39 is 0 Å². The number of rotatable bonds is 11. The number of hydrogen-bond donors (Lipinski definition) is 3. The summed E-state index contributed by atoms with van der Waals surface area (Å²) in [5.74, 6) is 1.22. The normalized spacial score (nSPS) is 30.2. The van der Waals surface area contributed by atoms with Crippen LogP contribution in [0.4, 0.5) is 0 Å². The first-order valence-electron chi connectivity index (χ1n) is 10.1. The Bertz CT molecular complexity index is 447. The lowest BCUT2D eigenvalue weighted by molar-refractivity contribution is 0.139. The molecule has 2 aliphatic carbocycles. The number of fused-ring (bicyclic) bond motifs is 1. The Morgan fingerprint density at radius 3 is 2.88 bits per heavy atom. The quantitative estimate of drug-likeness (QED) is 0.396. The third kappa shape index (κ3) is 6.52. The third-order valence-corrected chi connectivity index (χ3v) is 5.70. The first-order chi connectivity index (χ1) is 12.0. The van der Waals surface area contributed by atoms with Crippen LogP contribution in [0, 0.1) is 17.8 Å². The van der Waals surface area contributed by atoms with Crippen molar-refractivity contribution in [2.24, 2.45) is 17.8 Å². The van der Waals surface area contributed by atoms with Crippen molar-refractivity contribution in [1.82, 2.24) is 10.2 Å². The zero-order valence-corrected chi connectivity index (χ0v) is 16.3. The Balaban J connectivity index is 1.78. The Hall–Kier alpha value is -0.680. The van der Waals surface area contributed by atoms with Gasteiger partial charge in [0, 0.05) is 25.6 Å². The van der Waals surface area contributed by atoms with Crippen LogP contribution >= 0.6 is 0 Å². The van der Waals surface area contributed by atoms with E-state index in [1.54, 1.807) is 0 Å². The number of nitrogens with zero attached hydrogens (tertiary/aromatic N) is 1. The van der Waals surface area contributed by atoms with E-state index in [2.05, 4.69) is 43.4 Å². The van der Waals surface area contributed by atoms with Crippen LogP contribution < -0.4 is 5.32 Å².